The summed E-state index contributed by atoms with van der Waals surface area (Å²) in [4.78, 5) is 16.3. The molecule has 8 heteroatoms. The maximum atomic E-state index is 13.5. The zero-order valence-corrected chi connectivity index (χ0v) is 15.9. The third-order valence-electron chi connectivity index (χ3n) is 4.97. The lowest BCUT2D eigenvalue weighted by Crippen LogP contribution is -2.43. The van der Waals surface area contributed by atoms with Crippen LogP contribution in [-0.4, -0.2) is 42.4 Å². The van der Waals surface area contributed by atoms with Gasteiger partial charge >= 0.3 is 5.97 Å². The van der Waals surface area contributed by atoms with Gasteiger partial charge in [0.25, 0.3) is 0 Å². The number of methoxy groups -OCH3 is 1. The van der Waals surface area contributed by atoms with Crippen LogP contribution in [0.4, 0.5) is 0 Å². The predicted molar refractivity (Wildman–Crippen MR) is 103 cm³/mol. The fourth-order valence-corrected chi connectivity index (χ4v) is 5.44. The van der Waals surface area contributed by atoms with Gasteiger partial charge in [0.05, 0.1) is 12.0 Å². The first-order valence-corrected chi connectivity index (χ1v) is 10.1. The number of para-hydroxylation sites is 1. The van der Waals surface area contributed by atoms with Crippen molar-refractivity contribution in [3.05, 3.63) is 65.9 Å². The fourth-order valence-electron chi connectivity index (χ4n) is 3.70. The first-order chi connectivity index (χ1) is 13.4. The molecule has 7 nitrogen and oxygen atoms in total. The van der Waals surface area contributed by atoms with Gasteiger partial charge in [0.1, 0.15) is 17.3 Å². The standard InChI is InChI=1S/C20H18N2O5S/c1-27-16-8-4-7-15-17(9-11-21-18(15)16)28(25,26)22-12-10-13-5-2-3-6-14(13)19(22)20(23)24/h2-9,11,19H,10,12H2,1H3,(H,23,24)/t19-/m1/s1. The molecule has 3 aromatic rings. The third kappa shape index (κ3) is 2.81. The summed E-state index contributed by atoms with van der Waals surface area (Å²) in [6, 6.07) is 12.2. The second-order valence-corrected chi connectivity index (χ2v) is 8.33. The minimum atomic E-state index is -4.09. The number of rotatable bonds is 4. The summed E-state index contributed by atoms with van der Waals surface area (Å²) >= 11 is 0. The molecule has 0 saturated heterocycles. The molecule has 0 amide bonds. The lowest BCUT2D eigenvalue weighted by atomic mass is 9.94. The zero-order valence-electron chi connectivity index (χ0n) is 15.1. The lowest BCUT2D eigenvalue weighted by Gasteiger charge is -2.34. The van der Waals surface area contributed by atoms with Crippen LogP contribution in [0.2, 0.25) is 0 Å². The van der Waals surface area contributed by atoms with Crippen molar-refractivity contribution >= 4 is 26.9 Å². The van der Waals surface area contributed by atoms with Gasteiger partial charge in [-0.15, -0.1) is 0 Å². The van der Waals surface area contributed by atoms with Gasteiger partial charge < -0.3 is 9.84 Å². The van der Waals surface area contributed by atoms with Crippen LogP contribution in [-0.2, 0) is 21.2 Å². The van der Waals surface area contributed by atoms with Crippen molar-refractivity contribution in [2.24, 2.45) is 0 Å². The van der Waals surface area contributed by atoms with Gasteiger partial charge in [-0.1, -0.05) is 36.4 Å². The maximum absolute atomic E-state index is 13.5. The van der Waals surface area contributed by atoms with E-state index < -0.39 is 22.0 Å². The molecule has 1 N–H and O–H groups in total. The quantitative estimate of drug-likeness (QED) is 0.726. The van der Waals surface area contributed by atoms with Crippen LogP contribution in [0.1, 0.15) is 17.2 Å². The number of carboxylic acids is 1. The average Bonchev–Trinajstić information content (AvgIpc) is 2.71. The summed E-state index contributed by atoms with van der Waals surface area (Å²) in [6.07, 6.45) is 1.84. The lowest BCUT2D eigenvalue weighted by molar-refractivity contribution is -0.142. The maximum Gasteiger partial charge on any atom is 0.326 e. The summed E-state index contributed by atoms with van der Waals surface area (Å²) in [5, 5.41) is 10.2. The van der Waals surface area contributed by atoms with Gasteiger partial charge in [-0.3, -0.25) is 9.78 Å². The molecule has 1 aromatic heterocycles. The number of carboxylic acid groups (broad SMARTS) is 1. The molecule has 0 saturated carbocycles. The first kappa shape index (κ1) is 18.4. The van der Waals surface area contributed by atoms with Gasteiger partial charge in [-0.25, -0.2) is 8.42 Å². The van der Waals surface area contributed by atoms with Crippen LogP contribution in [0.3, 0.4) is 0 Å². The summed E-state index contributed by atoms with van der Waals surface area (Å²) in [5.41, 5.74) is 1.76. The molecule has 0 aliphatic carbocycles. The molecule has 1 aliphatic rings. The van der Waals surface area contributed by atoms with Crippen molar-refractivity contribution in [2.45, 2.75) is 17.4 Å². The van der Waals surface area contributed by atoms with Gasteiger partial charge in [0.15, 0.2) is 0 Å². The smallest absolute Gasteiger partial charge is 0.326 e. The number of sulfonamides is 1. The molecule has 28 heavy (non-hydrogen) atoms. The number of aromatic nitrogens is 1. The summed E-state index contributed by atoms with van der Waals surface area (Å²) in [6.45, 7) is 0.0874. The first-order valence-electron chi connectivity index (χ1n) is 8.69. The Bertz CT molecular complexity index is 1180. The predicted octanol–water partition coefficient (Wildman–Crippen LogP) is 2.62. The number of hydrogen-bond acceptors (Lipinski definition) is 5. The van der Waals surface area contributed by atoms with Crippen molar-refractivity contribution in [2.75, 3.05) is 13.7 Å². The van der Waals surface area contributed by atoms with E-state index in [0.29, 0.717) is 28.6 Å². The summed E-state index contributed by atoms with van der Waals surface area (Å²) in [7, 11) is -2.61. The van der Waals surface area contributed by atoms with E-state index in [1.54, 1.807) is 30.3 Å². The monoisotopic (exact) mass is 398 g/mol. The molecule has 0 bridgehead atoms. The van der Waals surface area contributed by atoms with Crippen LogP contribution < -0.4 is 4.74 Å². The van der Waals surface area contributed by atoms with Crippen molar-refractivity contribution in [1.29, 1.82) is 0 Å². The second kappa shape index (κ2) is 6.88. The molecule has 144 valence electrons. The molecule has 2 aromatic carbocycles. The highest BCUT2D eigenvalue weighted by Gasteiger charge is 2.41. The molecule has 0 fully saturated rings. The SMILES string of the molecule is COc1cccc2c(S(=O)(=O)N3CCc4ccccc4[C@@H]3C(=O)O)ccnc12. The number of carbonyl (C=O) groups is 1. The molecule has 0 radical (unpaired) electrons. The zero-order chi connectivity index (χ0) is 19.9. The highest BCUT2D eigenvalue weighted by atomic mass is 32.2. The minimum Gasteiger partial charge on any atom is -0.494 e. The van der Waals surface area contributed by atoms with E-state index >= 15 is 0 Å². The number of fused-ring (bicyclic) bond motifs is 2. The fraction of sp³-hybridized carbons (Fsp3) is 0.200. The van der Waals surface area contributed by atoms with Crippen LogP contribution in [0.5, 0.6) is 5.75 Å². The average molecular weight is 398 g/mol. The Morgan fingerprint density at radius 1 is 1.18 bits per heavy atom. The van der Waals surface area contributed by atoms with E-state index in [2.05, 4.69) is 4.98 Å². The molecule has 4 rings (SSSR count). The van der Waals surface area contributed by atoms with Crippen LogP contribution in [0.15, 0.2) is 59.6 Å². The molecule has 1 aliphatic heterocycles. The second-order valence-electron chi connectivity index (χ2n) is 6.47. The van der Waals surface area contributed by atoms with Gasteiger partial charge in [0, 0.05) is 18.1 Å². The van der Waals surface area contributed by atoms with Gasteiger partial charge in [0.2, 0.25) is 10.0 Å². The largest absolute Gasteiger partial charge is 0.494 e. The van der Waals surface area contributed by atoms with Crippen molar-refractivity contribution in [1.82, 2.24) is 9.29 Å². The Hall–Kier alpha value is -2.97. The summed E-state index contributed by atoms with van der Waals surface area (Å²) < 4.78 is 33.4. The molecular formula is C20H18N2O5S. The third-order valence-corrected chi connectivity index (χ3v) is 6.90. The molecular weight excluding hydrogens is 380 g/mol. The minimum absolute atomic E-state index is 0.0158. The van der Waals surface area contributed by atoms with E-state index in [1.165, 1.54) is 19.4 Å². The topological polar surface area (TPSA) is 96.8 Å². The molecule has 0 spiro atoms. The van der Waals surface area contributed by atoms with E-state index in [4.69, 9.17) is 4.74 Å². The van der Waals surface area contributed by atoms with Gasteiger partial charge in [-0.2, -0.15) is 4.31 Å². The molecule has 0 unspecified atom stereocenters. The van der Waals surface area contributed by atoms with Crippen LogP contribution in [0, 0.1) is 0 Å². The molecule has 2 heterocycles. The normalized spacial score (nSPS) is 17.2. The van der Waals surface area contributed by atoms with Crippen molar-refractivity contribution in [3.63, 3.8) is 0 Å². The van der Waals surface area contributed by atoms with E-state index in [9.17, 15) is 18.3 Å². The Morgan fingerprint density at radius 2 is 1.96 bits per heavy atom. The number of hydrogen-bond donors (Lipinski definition) is 1. The van der Waals surface area contributed by atoms with Crippen LogP contribution >= 0.6 is 0 Å². The van der Waals surface area contributed by atoms with Crippen LogP contribution in [0.25, 0.3) is 10.9 Å². The van der Waals surface area contributed by atoms with E-state index in [-0.39, 0.29) is 11.4 Å². The Labute approximate surface area is 162 Å². The Morgan fingerprint density at radius 3 is 2.71 bits per heavy atom. The Kier molecular flexibility index (Phi) is 4.52. The number of benzene rings is 2. The van der Waals surface area contributed by atoms with E-state index in [1.807, 2.05) is 12.1 Å². The van der Waals surface area contributed by atoms with Crippen molar-refractivity contribution < 1.29 is 23.1 Å². The number of aliphatic carboxylic acids is 1. The van der Waals surface area contributed by atoms with Gasteiger partial charge in [-0.05, 0) is 29.7 Å². The number of pyridine rings is 1. The van der Waals surface area contributed by atoms with E-state index in [0.717, 1.165) is 9.87 Å². The Balaban J connectivity index is 1.90. The number of ether oxygens (including phenoxy) is 1. The highest BCUT2D eigenvalue weighted by molar-refractivity contribution is 7.89. The van der Waals surface area contributed by atoms with Crippen molar-refractivity contribution in [3.8, 4) is 5.75 Å². The highest BCUT2D eigenvalue weighted by Crippen LogP contribution is 2.37. The summed E-state index contributed by atoms with van der Waals surface area (Å²) in [5.74, 6) is -0.750. The number of nitrogens with zero attached hydrogens (tertiary/aromatic N) is 2. The molecule has 1 atom stereocenters.